The molecule has 1 aliphatic heterocycles. The second-order valence-electron chi connectivity index (χ2n) is 4.81. The number of ether oxygens (including phenoxy) is 1. The Balaban J connectivity index is 1.84. The van der Waals surface area contributed by atoms with Gasteiger partial charge in [0.2, 0.25) is 0 Å². The van der Waals surface area contributed by atoms with E-state index in [0.717, 1.165) is 16.8 Å². The number of fused-ring (bicyclic) bond motifs is 1. The molecule has 2 aromatic rings. The number of benzene rings is 1. The Bertz CT molecular complexity index is 651. The third kappa shape index (κ3) is 2.61. The van der Waals surface area contributed by atoms with Gasteiger partial charge in [-0.2, -0.15) is 0 Å². The van der Waals surface area contributed by atoms with Crippen LogP contribution in [0.25, 0.3) is 11.3 Å². The van der Waals surface area contributed by atoms with Gasteiger partial charge >= 0.3 is 6.09 Å². The number of hydrogen-bond acceptors (Lipinski definition) is 4. The van der Waals surface area contributed by atoms with E-state index < -0.39 is 0 Å². The molecular weight excluding hydrogens is 275 g/mol. The third-order valence-electron chi connectivity index (χ3n) is 3.47. The highest BCUT2D eigenvalue weighted by Crippen LogP contribution is 2.30. The second-order valence-corrected chi connectivity index (χ2v) is 4.81. The molecule has 0 unspecified atom stereocenters. The average Bonchev–Trinajstić information content (AvgIpc) is 2.91. The monoisotopic (exact) mass is 290 g/mol. The van der Waals surface area contributed by atoms with E-state index in [4.69, 9.17) is 9.26 Å². The molecule has 0 atom stereocenters. The number of amides is 1. The van der Waals surface area contributed by atoms with Crippen molar-refractivity contribution < 1.29 is 18.4 Å². The van der Waals surface area contributed by atoms with E-state index in [9.17, 15) is 9.18 Å². The highest BCUT2D eigenvalue weighted by Gasteiger charge is 2.27. The fraction of sp³-hybridized carbons (Fsp3) is 0.333. The number of carbonyl (C=O) groups excluding carboxylic acids is 1. The number of hydrogen-bond donors (Lipinski definition) is 0. The molecule has 3 rings (SSSR count). The number of aromatic nitrogens is 1. The van der Waals surface area contributed by atoms with Crippen LogP contribution in [0, 0.1) is 5.82 Å². The van der Waals surface area contributed by atoms with Crippen LogP contribution < -0.4 is 0 Å². The van der Waals surface area contributed by atoms with Crippen molar-refractivity contribution in [1.29, 1.82) is 0 Å². The maximum Gasteiger partial charge on any atom is 0.410 e. The minimum Gasteiger partial charge on any atom is -0.450 e. The van der Waals surface area contributed by atoms with Crippen molar-refractivity contribution in [3.05, 3.63) is 41.3 Å². The molecule has 0 saturated carbocycles. The molecule has 0 saturated heterocycles. The lowest BCUT2D eigenvalue weighted by Crippen LogP contribution is -2.36. The van der Waals surface area contributed by atoms with E-state index in [-0.39, 0.29) is 11.9 Å². The predicted octanol–water partition coefficient (Wildman–Crippen LogP) is 3.00. The third-order valence-corrected chi connectivity index (χ3v) is 3.47. The Kier molecular flexibility index (Phi) is 3.60. The summed E-state index contributed by atoms with van der Waals surface area (Å²) >= 11 is 0. The number of carbonyl (C=O) groups is 1. The summed E-state index contributed by atoms with van der Waals surface area (Å²) in [6.45, 7) is 3.05. The van der Waals surface area contributed by atoms with E-state index in [2.05, 4.69) is 5.16 Å². The molecule has 0 radical (unpaired) electrons. The minimum atomic E-state index is -0.338. The molecule has 0 aliphatic carbocycles. The Morgan fingerprint density at radius 3 is 2.90 bits per heavy atom. The predicted molar refractivity (Wildman–Crippen MR) is 73.0 cm³/mol. The molecular formula is C15H15FN2O3. The highest BCUT2D eigenvalue weighted by molar-refractivity contribution is 5.69. The van der Waals surface area contributed by atoms with Crippen molar-refractivity contribution in [1.82, 2.24) is 10.1 Å². The largest absolute Gasteiger partial charge is 0.450 e. The van der Waals surface area contributed by atoms with Gasteiger partial charge in [0.25, 0.3) is 0 Å². The smallest absolute Gasteiger partial charge is 0.410 e. The highest BCUT2D eigenvalue weighted by atomic mass is 19.1. The summed E-state index contributed by atoms with van der Waals surface area (Å²) in [6, 6.07) is 6.09. The summed E-state index contributed by atoms with van der Waals surface area (Å²) in [5.74, 6) is 0.356. The van der Waals surface area contributed by atoms with Gasteiger partial charge in [-0.1, -0.05) is 5.16 Å². The lowest BCUT2D eigenvalue weighted by atomic mass is 10.0. The zero-order valence-corrected chi connectivity index (χ0v) is 11.6. The zero-order chi connectivity index (χ0) is 14.8. The molecule has 0 spiro atoms. The zero-order valence-electron chi connectivity index (χ0n) is 11.6. The Hall–Kier alpha value is -2.37. The van der Waals surface area contributed by atoms with Gasteiger partial charge in [-0.15, -0.1) is 0 Å². The van der Waals surface area contributed by atoms with Gasteiger partial charge in [0, 0.05) is 17.7 Å². The molecule has 5 nitrogen and oxygen atoms in total. The molecule has 1 aromatic heterocycles. The molecule has 1 amide bonds. The maximum absolute atomic E-state index is 13.0. The van der Waals surface area contributed by atoms with Gasteiger partial charge in [0.15, 0.2) is 5.76 Å². The lowest BCUT2D eigenvalue weighted by molar-refractivity contribution is 0.102. The topological polar surface area (TPSA) is 55.6 Å². The van der Waals surface area contributed by atoms with E-state index in [1.165, 1.54) is 12.1 Å². The number of nitrogens with zero attached hydrogens (tertiary/aromatic N) is 2. The van der Waals surface area contributed by atoms with Crippen molar-refractivity contribution in [2.75, 3.05) is 13.2 Å². The SMILES string of the molecule is CCOC(=O)N1CCc2c(noc2-c2ccc(F)cc2)C1. The van der Waals surface area contributed by atoms with Gasteiger partial charge in [-0.3, -0.25) is 0 Å². The maximum atomic E-state index is 13.0. The fourth-order valence-electron chi connectivity index (χ4n) is 2.43. The summed E-state index contributed by atoms with van der Waals surface area (Å²) in [4.78, 5) is 13.3. The van der Waals surface area contributed by atoms with Gasteiger partial charge in [0.05, 0.1) is 13.2 Å². The van der Waals surface area contributed by atoms with Crippen LogP contribution >= 0.6 is 0 Å². The lowest BCUT2D eigenvalue weighted by Gasteiger charge is -2.24. The first kappa shape index (κ1) is 13.6. The van der Waals surface area contributed by atoms with Gasteiger partial charge in [0.1, 0.15) is 11.5 Å². The van der Waals surface area contributed by atoms with Crippen molar-refractivity contribution in [2.24, 2.45) is 0 Å². The van der Waals surface area contributed by atoms with E-state index in [0.29, 0.717) is 31.9 Å². The first-order valence-electron chi connectivity index (χ1n) is 6.84. The summed E-state index contributed by atoms with van der Waals surface area (Å²) < 4.78 is 23.3. The number of rotatable bonds is 2. The van der Waals surface area contributed by atoms with Gasteiger partial charge in [-0.05, 0) is 37.6 Å². The van der Waals surface area contributed by atoms with Crippen LogP contribution in [-0.4, -0.2) is 29.3 Å². The quantitative estimate of drug-likeness (QED) is 0.853. The molecule has 0 fully saturated rings. The summed E-state index contributed by atoms with van der Waals surface area (Å²) in [6.07, 6.45) is 0.305. The second kappa shape index (κ2) is 5.55. The van der Waals surface area contributed by atoms with E-state index >= 15 is 0 Å². The molecule has 1 aliphatic rings. The van der Waals surface area contributed by atoms with Crippen LogP contribution in [0.1, 0.15) is 18.2 Å². The Morgan fingerprint density at radius 2 is 2.19 bits per heavy atom. The van der Waals surface area contributed by atoms with Gasteiger partial charge in [-0.25, -0.2) is 9.18 Å². The van der Waals surface area contributed by atoms with Crippen molar-refractivity contribution in [3.63, 3.8) is 0 Å². The normalized spacial score (nSPS) is 13.9. The van der Waals surface area contributed by atoms with Crippen LogP contribution in [-0.2, 0) is 17.7 Å². The van der Waals surface area contributed by atoms with Crippen LogP contribution in [0.4, 0.5) is 9.18 Å². The molecule has 0 bridgehead atoms. The van der Waals surface area contributed by atoms with Crippen LogP contribution in [0.5, 0.6) is 0 Å². The van der Waals surface area contributed by atoms with Crippen LogP contribution in [0.3, 0.4) is 0 Å². The van der Waals surface area contributed by atoms with E-state index in [1.54, 1.807) is 24.0 Å². The molecule has 2 heterocycles. The summed E-state index contributed by atoms with van der Waals surface area (Å²) in [5, 5.41) is 4.03. The first-order valence-corrected chi connectivity index (χ1v) is 6.84. The molecule has 21 heavy (non-hydrogen) atoms. The Labute approximate surface area is 121 Å². The number of halogens is 1. The molecule has 1 aromatic carbocycles. The summed E-state index contributed by atoms with van der Waals surface area (Å²) in [7, 11) is 0. The van der Waals surface area contributed by atoms with Crippen molar-refractivity contribution in [3.8, 4) is 11.3 Å². The average molecular weight is 290 g/mol. The fourth-order valence-corrected chi connectivity index (χ4v) is 2.43. The van der Waals surface area contributed by atoms with Crippen molar-refractivity contribution in [2.45, 2.75) is 19.9 Å². The first-order chi connectivity index (χ1) is 10.2. The molecule has 6 heteroatoms. The van der Waals surface area contributed by atoms with Crippen LogP contribution in [0.2, 0.25) is 0 Å². The Morgan fingerprint density at radius 1 is 1.43 bits per heavy atom. The van der Waals surface area contributed by atoms with Crippen LogP contribution in [0.15, 0.2) is 28.8 Å². The minimum absolute atomic E-state index is 0.291. The van der Waals surface area contributed by atoms with Crippen molar-refractivity contribution >= 4 is 6.09 Å². The standard InChI is InChI=1S/C15H15FN2O3/c1-2-20-15(19)18-8-7-12-13(9-18)17-21-14(12)10-3-5-11(16)6-4-10/h3-6H,2,7-9H2,1H3. The van der Waals surface area contributed by atoms with Gasteiger partial charge < -0.3 is 14.2 Å². The molecule has 110 valence electrons. The van der Waals surface area contributed by atoms with E-state index in [1.807, 2.05) is 0 Å². The molecule has 0 N–H and O–H groups in total. The summed E-state index contributed by atoms with van der Waals surface area (Å²) in [5.41, 5.74) is 2.49.